The molecule has 2 N–H and O–H groups in total. The van der Waals surface area contributed by atoms with Crippen molar-refractivity contribution in [3.63, 3.8) is 0 Å². The van der Waals surface area contributed by atoms with Gasteiger partial charge in [-0.3, -0.25) is 0 Å². The van der Waals surface area contributed by atoms with Crippen LogP contribution < -0.4 is 5.73 Å². The summed E-state index contributed by atoms with van der Waals surface area (Å²) in [6.45, 7) is 1.94. The van der Waals surface area contributed by atoms with Crippen LogP contribution in [0.1, 0.15) is 13.3 Å². The third-order valence-corrected chi connectivity index (χ3v) is 2.48. The molecular formula is C7H10ClNS. The maximum absolute atomic E-state index is 5.84. The highest BCUT2D eigenvalue weighted by Crippen LogP contribution is 2.29. The van der Waals surface area contributed by atoms with Gasteiger partial charge in [0.05, 0.1) is 0 Å². The molecule has 10 heavy (non-hydrogen) atoms. The van der Waals surface area contributed by atoms with Gasteiger partial charge in [0, 0.05) is 15.5 Å². The van der Waals surface area contributed by atoms with Gasteiger partial charge in [0.2, 0.25) is 0 Å². The Morgan fingerprint density at radius 1 is 1.80 bits per heavy atom. The Morgan fingerprint density at radius 3 is 2.80 bits per heavy atom. The molecule has 3 heteroatoms. The number of thiol groups is 1. The molecule has 1 aliphatic rings. The molecule has 1 atom stereocenters. The van der Waals surface area contributed by atoms with E-state index < -0.39 is 0 Å². The smallest absolute Gasteiger partial charge is 0.0474 e. The van der Waals surface area contributed by atoms with Crippen LogP contribution in [0, 0.1) is 0 Å². The average Bonchev–Trinajstić information content (AvgIpc) is 1.81. The second-order valence-corrected chi connectivity index (χ2v) is 3.66. The summed E-state index contributed by atoms with van der Waals surface area (Å²) in [6.07, 6.45) is 4.45. The van der Waals surface area contributed by atoms with Gasteiger partial charge in [-0.2, -0.15) is 0 Å². The minimum atomic E-state index is -0.318. The van der Waals surface area contributed by atoms with Gasteiger partial charge in [0.1, 0.15) is 0 Å². The van der Waals surface area contributed by atoms with Crippen LogP contribution in [0.15, 0.2) is 22.1 Å². The minimum absolute atomic E-state index is 0.318. The van der Waals surface area contributed by atoms with Gasteiger partial charge in [-0.15, -0.1) is 12.6 Å². The van der Waals surface area contributed by atoms with Gasteiger partial charge in [-0.05, 0) is 19.4 Å². The zero-order valence-electron chi connectivity index (χ0n) is 5.76. The highest BCUT2D eigenvalue weighted by molar-refractivity contribution is 7.84. The summed E-state index contributed by atoms with van der Waals surface area (Å²) in [6, 6.07) is 0. The first-order chi connectivity index (χ1) is 4.52. The van der Waals surface area contributed by atoms with E-state index in [4.69, 9.17) is 17.3 Å². The van der Waals surface area contributed by atoms with E-state index in [0.717, 1.165) is 16.4 Å². The van der Waals surface area contributed by atoms with Crippen molar-refractivity contribution in [2.24, 2.45) is 5.73 Å². The average molecular weight is 176 g/mol. The van der Waals surface area contributed by atoms with E-state index in [1.807, 2.05) is 13.0 Å². The van der Waals surface area contributed by atoms with Gasteiger partial charge in [0.15, 0.2) is 0 Å². The Hall–Kier alpha value is 0.0800. The number of allylic oxidation sites excluding steroid dienone is 2. The van der Waals surface area contributed by atoms with Crippen LogP contribution in [0.25, 0.3) is 0 Å². The number of hydrogen-bond acceptors (Lipinski definition) is 2. The summed E-state index contributed by atoms with van der Waals surface area (Å²) < 4.78 is 0. The third-order valence-electron chi connectivity index (χ3n) is 1.58. The highest BCUT2D eigenvalue weighted by atomic mass is 35.5. The second kappa shape index (κ2) is 2.61. The molecule has 0 aromatic carbocycles. The molecule has 0 saturated heterocycles. The number of hydrogen-bond donors (Lipinski definition) is 2. The first-order valence-corrected chi connectivity index (χ1v) is 3.90. The van der Waals surface area contributed by atoms with Crippen LogP contribution >= 0.6 is 24.2 Å². The van der Waals surface area contributed by atoms with E-state index in [1.165, 1.54) is 0 Å². The topological polar surface area (TPSA) is 26.0 Å². The summed E-state index contributed by atoms with van der Waals surface area (Å²) in [7, 11) is 0. The molecule has 1 aliphatic carbocycles. The molecule has 0 spiro atoms. The summed E-state index contributed by atoms with van der Waals surface area (Å²) in [5.74, 6) is 0. The summed E-state index contributed by atoms with van der Waals surface area (Å²) >= 11 is 9.93. The molecule has 1 nitrogen and oxygen atoms in total. The summed E-state index contributed by atoms with van der Waals surface area (Å²) in [4.78, 5) is 0.847. The minimum Gasteiger partial charge on any atom is -0.321 e. The lowest BCUT2D eigenvalue weighted by Crippen LogP contribution is -2.37. The summed E-state index contributed by atoms with van der Waals surface area (Å²) in [5.41, 5.74) is 5.52. The number of halogens is 1. The summed E-state index contributed by atoms with van der Waals surface area (Å²) in [5, 5.41) is 0.730. The molecule has 56 valence electrons. The van der Waals surface area contributed by atoms with Crippen molar-refractivity contribution in [2.75, 3.05) is 0 Å². The first-order valence-electron chi connectivity index (χ1n) is 3.08. The Morgan fingerprint density at radius 2 is 2.40 bits per heavy atom. The Labute approximate surface area is 71.3 Å². The fourth-order valence-electron chi connectivity index (χ4n) is 0.768. The normalized spacial score (nSPS) is 33.2. The van der Waals surface area contributed by atoms with Gasteiger partial charge >= 0.3 is 0 Å². The fraction of sp³-hybridized carbons (Fsp3) is 0.429. The zero-order chi connectivity index (χ0) is 7.78. The van der Waals surface area contributed by atoms with E-state index in [0.29, 0.717) is 0 Å². The Balaban J connectivity index is 2.88. The Bertz CT molecular complexity index is 206. The van der Waals surface area contributed by atoms with Crippen molar-refractivity contribution in [1.29, 1.82) is 0 Å². The standard InChI is InChI=1S/C7H10ClNS/c1-7(9)3-2-5(8)4-6(7)10/h2,4,10H,3,9H2,1H3. The lowest BCUT2D eigenvalue weighted by Gasteiger charge is -2.26. The van der Waals surface area contributed by atoms with E-state index >= 15 is 0 Å². The van der Waals surface area contributed by atoms with Gasteiger partial charge in [0.25, 0.3) is 0 Å². The largest absolute Gasteiger partial charge is 0.321 e. The van der Waals surface area contributed by atoms with Crippen LogP contribution in [0.3, 0.4) is 0 Å². The van der Waals surface area contributed by atoms with Crippen LogP contribution in [-0.2, 0) is 0 Å². The van der Waals surface area contributed by atoms with Gasteiger partial charge in [-0.25, -0.2) is 0 Å². The molecule has 0 saturated carbocycles. The second-order valence-electron chi connectivity index (χ2n) is 2.74. The van der Waals surface area contributed by atoms with E-state index in [2.05, 4.69) is 12.6 Å². The molecule has 0 fully saturated rings. The maximum atomic E-state index is 5.84. The molecule has 0 aromatic rings. The van der Waals surface area contributed by atoms with Crippen LogP contribution in [-0.4, -0.2) is 5.54 Å². The predicted octanol–water partition coefficient (Wildman–Crippen LogP) is 2.04. The number of rotatable bonds is 0. The van der Waals surface area contributed by atoms with E-state index in [-0.39, 0.29) is 5.54 Å². The molecule has 0 aromatic heterocycles. The van der Waals surface area contributed by atoms with Gasteiger partial charge in [-0.1, -0.05) is 17.7 Å². The van der Waals surface area contributed by atoms with E-state index in [1.54, 1.807) is 6.08 Å². The molecule has 0 aliphatic heterocycles. The monoisotopic (exact) mass is 175 g/mol. The molecule has 1 rings (SSSR count). The first kappa shape index (κ1) is 8.18. The zero-order valence-corrected chi connectivity index (χ0v) is 7.41. The molecule has 0 heterocycles. The van der Waals surface area contributed by atoms with Crippen LogP contribution in [0.2, 0.25) is 0 Å². The molecular weight excluding hydrogens is 166 g/mol. The molecule has 0 radical (unpaired) electrons. The van der Waals surface area contributed by atoms with Gasteiger partial charge < -0.3 is 5.73 Å². The lowest BCUT2D eigenvalue weighted by atomic mass is 9.95. The quantitative estimate of drug-likeness (QED) is 0.542. The van der Waals surface area contributed by atoms with Crippen molar-refractivity contribution in [3.05, 3.63) is 22.1 Å². The van der Waals surface area contributed by atoms with Crippen LogP contribution in [0.5, 0.6) is 0 Å². The Kier molecular flexibility index (Phi) is 2.13. The van der Waals surface area contributed by atoms with Crippen molar-refractivity contribution < 1.29 is 0 Å². The molecule has 0 amide bonds. The molecule has 0 bridgehead atoms. The van der Waals surface area contributed by atoms with Crippen molar-refractivity contribution in [2.45, 2.75) is 18.9 Å². The number of nitrogens with two attached hydrogens (primary N) is 1. The van der Waals surface area contributed by atoms with Crippen molar-refractivity contribution in [1.82, 2.24) is 0 Å². The fourth-order valence-corrected chi connectivity index (χ4v) is 1.26. The van der Waals surface area contributed by atoms with Crippen molar-refractivity contribution >= 4 is 24.2 Å². The highest BCUT2D eigenvalue weighted by Gasteiger charge is 2.22. The SMILES string of the molecule is CC1(N)CC=C(Cl)C=C1S. The van der Waals surface area contributed by atoms with E-state index in [9.17, 15) is 0 Å². The third kappa shape index (κ3) is 1.57. The predicted molar refractivity (Wildman–Crippen MR) is 48.2 cm³/mol. The lowest BCUT2D eigenvalue weighted by molar-refractivity contribution is 0.579. The van der Waals surface area contributed by atoms with Crippen LogP contribution in [0.4, 0.5) is 0 Å². The molecule has 1 unspecified atom stereocenters. The maximum Gasteiger partial charge on any atom is 0.0474 e. The van der Waals surface area contributed by atoms with Crippen molar-refractivity contribution in [3.8, 4) is 0 Å².